The average Bonchev–Trinajstić information content (AvgIpc) is 2.76. The zero-order valence-electron chi connectivity index (χ0n) is 17.8. The Bertz CT molecular complexity index is 691. The minimum Gasteiger partial charge on any atom is -0.405 e. The number of rotatable bonds is 14. The largest absolute Gasteiger partial charge is 0.501 e. The molecule has 31 heavy (non-hydrogen) atoms. The van der Waals surface area contributed by atoms with Crippen LogP contribution >= 0.6 is 0 Å². The molecule has 0 heterocycles. The van der Waals surface area contributed by atoms with Gasteiger partial charge in [-0.2, -0.15) is 4.39 Å². The van der Waals surface area contributed by atoms with Gasteiger partial charge in [0.1, 0.15) is 0 Å². The molecule has 0 bridgehead atoms. The Labute approximate surface area is 179 Å². The molecule has 1 aromatic carbocycles. The highest BCUT2D eigenvalue weighted by Crippen LogP contribution is 2.25. The molecule has 0 unspecified atom stereocenters. The first kappa shape index (κ1) is 27.3. The maximum atomic E-state index is 14.1. The first-order valence-electron chi connectivity index (χ1n) is 10.1. The maximum absolute atomic E-state index is 14.1. The predicted octanol–water partition coefficient (Wildman–Crippen LogP) is 5.54. The van der Waals surface area contributed by atoms with Crippen LogP contribution in [-0.4, -0.2) is 46.4 Å². The molecular weight excluding hydrogens is 445 g/mol. The molecule has 178 valence electrons. The van der Waals surface area contributed by atoms with Crippen LogP contribution in [0.15, 0.2) is 6.07 Å². The van der Waals surface area contributed by atoms with E-state index in [9.17, 15) is 26.8 Å². The summed E-state index contributed by atoms with van der Waals surface area (Å²) >= 11 is 0. The lowest BCUT2D eigenvalue weighted by molar-refractivity contribution is 0.0308. The fourth-order valence-corrected chi connectivity index (χ4v) is 5.23. The first-order valence-corrected chi connectivity index (χ1v) is 12.0. The molecule has 0 aliphatic heterocycles. The number of halogens is 5. The zero-order valence-corrected chi connectivity index (χ0v) is 18.8. The van der Waals surface area contributed by atoms with E-state index in [2.05, 4.69) is 4.74 Å². The van der Waals surface area contributed by atoms with Crippen molar-refractivity contribution in [3.05, 3.63) is 29.3 Å². The minimum atomic E-state index is -3.11. The number of hydrogen-bond acceptors (Lipinski definition) is 5. The van der Waals surface area contributed by atoms with Gasteiger partial charge >= 0.3 is 14.9 Å². The van der Waals surface area contributed by atoms with Crippen LogP contribution in [0.5, 0.6) is 5.75 Å². The zero-order chi connectivity index (χ0) is 23.4. The Morgan fingerprint density at radius 3 is 1.90 bits per heavy atom. The van der Waals surface area contributed by atoms with Gasteiger partial charge in [-0.3, -0.25) is 0 Å². The normalized spacial score (nSPS) is 11.6. The average molecular weight is 474 g/mol. The van der Waals surface area contributed by atoms with Crippen LogP contribution in [0.2, 0.25) is 6.04 Å². The SMILES string of the molecule is CCCO[Si](CCCN(F)C(=O)Oc1cc(F)c(F)c(F)c1F)(OCCC)OCCC. The molecule has 6 nitrogen and oxygen atoms in total. The van der Waals surface area contributed by atoms with E-state index in [0.717, 1.165) is 19.3 Å². The van der Waals surface area contributed by atoms with E-state index >= 15 is 0 Å². The van der Waals surface area contributed by atoms with Gasteiger partial charge < -0.3 is 18.0 Å². The summed E-state index contributed by atoms with van der Waals surface area (Å²) in [5, 5.41) is -0.392. The second-order valence-electron chi connectivity index (χ2n) is 6.58. The molecule has 1 rings (SSSR count). The summed E-state index contributed by atoms with van der Waals surface area (Å²) in [4.78, 5) is 11.8. The molecule has 1 aromatic rings. The van der Waals surface area contributed by atoms with Crippen molar-refractivity contribution < 1.29 is 44.9 Å². The van der Waals surface area contributed by atoms with Crippen LogP contribution in [0.4, 0.5) is 26.8 Å². The number of nitrogens with zero attached hydrogens (tertiary/aromatic N) is 1. The third-order valence-electron chi connectivity index (χ3n) is 3.88. The Hall–Kier alpha value is -1.76. The van der Waals surface area contributed by atoms with Crippen LogP contribution in [-0.2, 0) is 13.3 Å². The number of ether oxygens (including phenoxy) is 1. The van der Waals surface area contributed by atoms with Crippen molar-refractivity contribution in [1.29, 1.82) is 0 Å². The van der Waals surface area contributed by atoms with Gasteiger partial charge in [-0.1, -0.05) is 25.3 Å². The topological polar surface area (TPSA) is 57.2 Å². The monoisotopic (exact) mass is 473 g/mol. The van der Waals surface area contributed by atoms with E-state index in [1.807, 2.05) is 20.8 Å². The molecule has 0 saturated heterocycles. The quantitative estimate of drug-likeness (QED) is 0.117. The molecule has 0 N–H and O–H groups in total. The van der Waals surface area contributed by atoms with Gasteiger partial charge in [-0.05, 0) is 25.7 Å². The first-order chi connectivity index (χ1) is 14.7. The number of hydrogen-bond donors (Lipinski definition) is 0. The summed E-state index contributed by atoms with van der Waals surface area (Å²) < 4.78 is 88.9. The Kier molecular flexibility index (Phi) is 12.0. The molecule has 0 aliphatic rings. The Balaban J connectivity index is 2.74. The number of carbonyl (C=O) groups excluding carboxylic acids is 1. The third-order valence-corrected chi connectivity index (χ3v) is 6.78. The molecule has 12 heteroatoms. The molecule has 0 atom stereocenters. The second kappa shape index (κ2) is 13.6. The van der Waals surface area contributed by atoms with Gasteiger partial charge in [0, 0.05) is 31.9 Å². The number of carbonyl (C=O) groups is 1. The lowest BCUT2D eigenvalue weighted by atomic mass is 10.3. The maximum Gasteiger partial charge on any atom is 0.501 e. The molecule has 0 radical (unpaired) electrons. The van der Waals surface area contributed by atoms with Gasteiger partial charge in [-0.15, -0.1) is 5.12 Å². The smallest absolute Gasteiger partial charge is 0.405 e. The van der Waals surface area contributed by atoms with E-state index in [-0.39, 0.29) is 18.5 Å². The summed E-state index contributed by atoms with van der Waals surface area (Å²) in [5.41, 5.74) is 0. The fourth-order valence-electron chi connectivity index (χ4n) is 2.41. The highest BCUT2D eigenvalue weighted by Gasteiger charge is 2.40. The highest BCUT2D eigenvalue weighted by atomic mass is 28.4. The minimum absolute atomic E-state index is 0.0591. The summed E-state index contributed by atoms with van der Waals surface area (Å²) in [6, 6.07) is 0.321. The van der Waals surface area contributed by atoms with E-state index in [1.165, 1.54) is 0 Å². The van der Waals surface area contributed by atoms with E-state index in [1.54, 1.807) is 0 Å². The molecule has 0 saturated carbocycles. The van der Waals surface area contributed by atoms with Crippen LogP contribution in [0.3, 0.4) is 0 Å². The number of amides is 1. The van der Waals surface area contributed by atoms with Gasteiger partial charge in [-0.25, -0.2) is 18.0 Å². The molecular formula is C19H28F5NO5Si. The Morgan fingerprint density at radius 1 is 0.903 bits per heavy atom. The van der Waals surface area contributed by atoms with E-state index < -0.39 is 55.6 Å². The van der Waals surface area contributed by atoms with Gasteiger partial charge in [0.05, 0.1) is 6.54 Å². The second-order valence-corrected chi connectivity index (χ2v) is 9.32. The lowest BCUT2D eigenvalue weighted by Gasteiger charge is -2.29. The summed E-state index contributed by atoms with van der Waals surface area (Å²) in [6.45, 7) is 6.42. The van der Waals surface area contributed by atoms with Crippen molar-refractivity contribution in [2.24, 2.45) is 0 Å². The van der Waals surface area contributed by atoms with Crippen molar-refractivity contribution >= 4 is 14.9 Å². The molecule has 0 spiro atoms. The standard InChI is InChI=1S/C19H28F5NO5Si/c1-4-9-27-31(28-10-5-2,29-11-6-3)12-7-8-25(24)19(26)30-15-13-14(20)16(21)18(23)17(15)22/h13H,4-12H2,1-3H3. The summed E-state index contributed by atoms with van der Waals surface area (Å²) in [6.07, 6.45) is 0.506. The van der Waals surface area contributed by atoms with Crippen molar-refractivity contribution in [3.63, 3.8) is 0 Å². The van der Waals surface area contributed by atoms with Crippen LogP contribution in [0.25, 0.3) is 0 Å². The van der Waals surface area contributed by atoms with Crippen molar-refractivity contribution in [3.8, 4) is 5.75 Å². The van der Waals surface area contributed by atoms with E-state index in [4.69, 9.17) is 13.3 Å². The highest BCUT2D eigenvalue weighted by molar-refractivity contribution is 6.60. The molecule has 1 amide bonds. The predicted molar refractivity (Wildman–Crippen MR) is 104 cm³/mol. The van der Waals surface area contributed by atoms with Gasteiger partial charge in [0.15, 0.2) is 17.4 Å². The number of benzene rings is 1. The van der Waals surface area contributed by atoms with Crippen LogP contribution < -0.4 is 4.74 Å². The fraction of sp³-hybridized carbons (Fsp3) is 0.632. The summed E-state index contributed by atoms with van der Waals surface area (Å²) in [5.74, 6) is -9.23. The molecule has 0 aliphatic carbocycles. The van der Waals surface area contributed by atoms with Crippen LogP contribution in [0.1, 0.15) is 46.5 Å². The van der Waals surface area contributed by atoms with E-state index in [0.29, 0.717) is 19.8 Å². The lowest BCUT2D eigenvalue weighted by Crippen LogP contribution is -2.47. The van der Waals surface area contributed by atoms with Crippen LogP contribution in [0, 0.1) is 23.3 Å². The van der Waals surface area contributed by atoms with Crippen molar-refractivity contribution in [2.75, 3.05) is 26.4 Å². The Morgan fingerprint density at radius 2 is 1.42 bits per heavy atom. The van der Waals surface area contributed by atoms with Crippen molar-refractivity contribution in [2.45, 2.75) is 52.5 Å². The van der Waals surface area contributed by atoms with Gasteiger partial charge in [0.2, 0.25) is 11.6 Å². The van der Waals surface area contributed by atoms with Crippen molar-refractivity contribution in [1.82, 2.24) is 5.12 Å². The summed E-state index contributed by atoms with van der Waals surface area (Å²) in [7, 11) is -3.11. The molecule has 0 fully saturated rings. The third kappa shape index (κ3) is 8.35. The molecule has 0 aromatic heterocycles. The van der Waals surface area contributed by atoms with Gasteiger partial charge in [0.25, 0.3) is 0 Å².